The summed E-state index contributed by atoms with van der Waals surface area (Å²) < 4.78 is 1.17. The predicted octanol–water partition coefficient (Wildman–Crippen LogP) is 2.82. The van der Waals surface area contributed by atoms with Crippen molar-refractivity contribution in [3.8, 4) is 0 Å². The molecule has 1 aliphatic rings. The van der Waals surface area contributed by atoms with E-state index in [1.807, 2.05) is 24.3 Å². The molecule has 16 heavy (non-hydrogen) atoms. The fourth-order valence-corrected chi connectivity index (χ4v) is 2.46. The van der Waals surface area contributed by atoms with E-state index in [1.54, 1.807) is 0 Å². The lowest BCUT2D eigenvalue weighted by molar-refractivity contribution is 0.0943. The Balaban J connectivity index is 1.95. The molecule has 0 bridgehead atoms. The number of Topliss-reactive ketones (excluding diaryl/α,β-unsaturated/α-hetero) is 1. The van der Waals surface area contributed by atoms with Crippen LogP contribution in [0.25, 0.3) is 0 Å². The highest BCUT2D eigenvalue weighted by Gasteiger charge is 2.20. The van der Waals surface area contributed by atoms with Crippen molar-refractivity contribution in [1.29, 1.82) is 0 Å². The summed E-state index contributed by atoms with van der Waals surface area (Å²) in [7, 11) is 0. The molecule has 1 aliphatic heterocycles. The maximum absolute atomic E-state index is 12.0. The fraction of sp³-hybridized carbons (Fsp3) is 0.462. The molecule has 0 aliphatic carbocycles. The van der Waals surface area contributed by atoms with Crippen molar-refractivity contribution in [3.63, 3.8) is 0 Å². The zero-order valence-electron chi connectivity index (χ0n) is 9.45. The zero-order valence-corrected chi connectivity index (χ0v) is 11.6. The summed E-state index contributed by atoms with van der Waals surface area (Å²) in [4.78, 5) is 14.2. The van der Waals surface area contributed by atoms with Crippen molar-refractivity contribution >= 4 is 28.4 Å². The van der Waals surface area contributed by atoms with Gasteiger partial charge in [0.15, 0.2) is 5.78 Å². The highest BCUT2D eigenvalue weighted by Crippen LogP contribution is 2.15. The second kappa shape index (κ2) is 5.27. The van der Waals surface area contributed by atoms with E-state index in [0.717, 1.165) is 24.6 Å². The minimum Gasteiger partial charge on any atom is -0.296 e. The number of benzene rings is 1. The first-order chi connectivity index (χ1) is 7.65. The molecule has 1 aromatic carbocycles. The zero-order chi connectivity index (χ0) is 11.5. The van der Waals surface area contributed by atoms with E-state index in [4.69, 9.17) is 0 Å². The lowest BCUT2D eigenvalue weighted by Gasteiger charge is -2.13. The van der Waals surface area contributed by atoms with Crippen molar-refractivity contribution < 1.29 is 4.79 Å². The number of rotatable bonds is 3. The first kappa shape index (κ1) is 12.0. The molecule has 2 nitrogen and oxygen atoms in total. The van der Waals surface area contributed by atoms with Crippen LogP contribution in [0.15, 0.2) is 24.3 Å². The first-order valence-electron chi connectivity index (χ1n) is 5.66. The van der Waals surface area contributed by atoms with E-state index in [9.17, 15) is 4.79 Å². The molecule has 0 amide bonds. The number of carbonyl (C=O) groups excluding carboxylic acids is 1. The maximum Gasteiger partial charge on any atom is 0.176 e. The normalized spacial score (nSPS) is 21.2. The quantitative estimate of drug-likeness (QED) is 0.628. The molecule has 0 radical (unpaired) electrons. The summed E-state index contributed by atoms with van der Waals surface area (Å²) in [5.41, 5.74) is 0.833. The molecule has 2 rings (SSSR count). The number of hydrogen-bond acceptors (Lipinski definition) is 2. The second-order valence-electron chi connectivity index (χ2n) is 4.56. The van der Waals surface area contributed by atoms with Gasteiger partial charge in [-0.2, -0.15) is 0 Å². The highest BCUT2D eigenvalue weighted by atomic mass is 127. The lowest BCUT2D eigenvalue weighted by atomic mass is 10.1. The molecule has 1 fully saturated rings. The smallest absolute Gasteiger partial charge is 0.176 e. The molecule has 1 unspecified atom stereocenters. The molecule has 1 aromatic rings. The van der Waals surface area contributed by atoms with E-state index in [-0.39, 0.29) is 5.78 Å². The van der Waals surface area contributed by atoms with Gasteiger partial charge >= 0.3 is 0 Å². The van der Waals surface area contributed by atoms with Gasteiger partial charge in [-0.25, -0.2) is 0 Å². The molecular weight excluding hydrogens is 313 g/mol. The summed E-state index contributed by atoms with van der Waals surface area (Å²) in [6.45, 7) is 4.95. The molecule has 3 heteroatoms. The Morgan fingerprint density at radius 2 is 2.12 bits per heavy atom. The Hall–Kier alpha value is -0.420. The van der Waals surface area contributed by atoms with Gasteiger partial charge in [-0.05, 0) is 53.6 Å². The summed E-state index contributed by atoms with van der Waals surface area (Å²) in [5, 5.41) is 0. The van der Waals surface area contributed by atoms with E-state index in [2.05, 4.69) is 34.4 Å². The monoisotopic (exact) mass is 329 g/mol. The molecule has 0 saturated carbocycles. The molecule has 1 atom stereocenters. The predicted molar refractivity (Wildman–Crippen MR) is 73.7 cm³/mol. The molecule has 0 N–H and O–H groups in total. The van der Waals surface area contributed by atoms with Gasteiger partial charge in [-0.3, -0.25) is 9.69 Å². The minimum absolute atomic E-state index is 0.241. The number of hydrogen-bond donors (Lipinski definition) is 0. The summed E-state index contributed by atoms with van der Waals surface area (Å²) in [6, 6.07) is 7.81. The standard InChI is InChI=1S/C13H16INO/c1-10-6-7-15(8-10)9-13(16)11-2-4-12(14)5-3-11/h2-5,10H,6-9H2,1H3. The third-order valence-corrected chi connectivity index (χ3v) is 3.76. The first-order valence-corrected chi connectivity index (χ1v) is 6.74. The third kappa shape index (κ3) is 3.04. The highest BCUT2D eigenvalue weighted by molar-refractivity contribution is 14.1. The average molecular weight is 329 g/mol. The van der Waals surface area contributed by atoms with Crippen LogP contribution in [0.5, 0.6) is 0 Å². The summed E-state index contributed by atoms with van der Waals surface area (Å²) >= 11 is 2.25. The molecule has 1 saturated heterocycles. The largest absolute Gasteiger partial charge is 0.296 e. The number of ketones is 1. The minimum atomic E-state index is 0.241. The van der Waals surface area contributed by atoms with Gasteiger partial charge in [-0.1, -0.05) is 19.1 Å². The van der Waals surface area contributed by atoms with Crippen molar-refractivity contribution in [1.82, 2.24) is 4.90 Å². The van der Waals surface area contributed by atoms with E-state index in [1.165, 1.54) is 9.99 Å². The van der Waals surface area contributed by atoms with Crippen LogP contribution in [0.1, 0.15) is 23.7 Å². The number of halogens is 1. The SMILES string of the molecule is CC1CCN(CC(=O)c2ccc(I)cc2)C1. The van der Waals surface area contributed by atoms with Crippen LogP contribution in [0.3, 0.4) is 0 Å². The Bertz CT molecular complexity index is 374. The Kier molecular flexibility index (Phi) is 3.97. The molecule has 86 valence electrons. The molecule has 0 aromatic heterocycles. The van der Waals surface area contributed by atoms with Crippen molar-refractivity contribution in [2.24, 2.45) is 5.92 Å². The van der Waals surface area contributed by atoms with Crippen molar-refractivity contribution in [2.75, 3.05) is 19.6 Å². The Morgan fingerprint density at radius 3 is 2.69 bits per heavy atom. The molecule has 1 heterocycles. The summed E-state index contributed by atoms with van der Waals surface area (Å²) in [5.74, 6) is 0.982. The van der Waals surface area contributed by atoms with E-state index in [0.29, 0.717) is 6.54 Å². The van der Waals surface area contributed by atoms with Crippen LogP contribution >= 0.6 is 22.6 Å². The summed E-state index contributed by atoms with van der Waals surface area (Å²) in [6.07, 6.45) is 1.22. The Labute approximate surface area is 110 Å². The maximum atomic E-state index is 12.0. The fourth-order valence-electron chi connectivity index (χ4n) is 2.10. The van der Waals surface area contributed by atoms with Gasteiger partial charge < -0.3 is 0 Å². The van der Waals surface area contributed by atoms with E-state index >= 15 is 0 Å². The lowest BCUT2D eigenvalue weighted by Crippen LogP contribution is -2.27. The van der Waals surface area contributed by atoms with Crippen LogP contribution in [-0.2, 0) is 0 Å². The van der Waals surface area contributed by atoms with Crippen LogP contribution in [0, 0.1) is 9.49 Å². The van der Waals surface area contributed by atoms with Crippen molar-refractivity contribution in [2.45, 2.75) is 13.3 Å². The number of likely N-dealkylation sites (tertiary alicyclic amines) is 1. The van der Waals surface area contributed by atoms with Crippen LogP contribution in [-0.4, -0.2) is 30.3 Å². The second-order valence-corrected chi connectivity index (χ2v) is 5.80. The van der Waals surface area contributed by atoms with Gasteiger partial charge in [0, 0.05) is 15.7 Å². The third-order valence-electron chi connectivity index (χ3n) is 3.04. The topological polar surface area (TPSA) is 20.3 Å². The van der Waals surface area contributed by atoms with E-state index < -0.39 is 0 Å². The molecule has 0 spiro atoms. The van der Waals surface area contributed by atoms with Gasteiger partial charge in [0.05, 0.1) is 6.54 Å². The molecular formula is C13H16INO. The Morgan fingerprint density at radius 1 is 1.44 bits per heavy atom. The van der Waals surface area contributed by atoms with Gasteiger partial charge in [0.2, 0.25) is 0 Å². The van der Waals surface area contributed by atoms with Gasteiger partial charge in [0.1, 0.15) is 0 Å². The van der Waals surface area contributed by atoms with Crippen LogP contribution < -0.4 is 0 Å². The van der Waals surface area contributed by atoms with Crippen molar-refractivity contribution in [3.05, 3.63) is 33.4 Å². The van der Waals surface area contributed by atoms with Gasteiger partial charge in [0.25, 0.3) is 0 Å². The van der Waals surface area contributed by atoms with Crippen LogP contribution in [0.4, 0.5) is 0 Å². The number of nitrogens with zero attached hydrogens (tertiary/aromatic N) is 1. The number of carbonyl (C=O) groups is 1. The average Bonchev–Trinajstić information content (AvgIpc) is 2.65. The van der Waals surface area contributed by atoms with Crippen LogP contribution in [0.2, 0.25) is 0 Å². The van der Waals surface area contributed by atoms with Gasteiger partial charge in [-0.15, -0.1) is 0 Å².